The fourth-order valence-electron chi connectivity index (χ4n) is 2.13. The number of rotatable bonds is 4. The van der Waals surface area contributed by atoms with Crippen LogP contribution in [0.25, 0.3) is 10.9 Å². The summed E-state index contributed by atoms with van der Waals surface area (Å²) in [6, 6.07) is 11.7. The minimum Gasteiger partial charge on any atom is -0.478 e. The van der Waals surface area contributed by atoms with E-state index >= 15 is 0 Å². The Morgan fingerprint density at radius 1 is 1.12 bits per heavy atom. The van der Waals surface area contributed by atoms with Crippen LogP contribution < -0.4 is 4.18 Å². The van der Waals surface area contributed by atoms with Gasteiger partial charge in [0.15, 0.2) is 5.75 Å². The molecule has 3 rings (SSSR count). The standard InChI is InChI=1S/C16H10ClNO5S/c17-12-7-6-11(16(19)20)9-14(12)24(21,22)23-13-5-1-3-10-4-2-8-18-15(10)13/h1-9H,(H,19,20). The summed E-state index contributed by atoms with van der Waals surface area (Å²) in [4.78, 5) is 14.7. The van der Waals surface area contributed by atoms with E-state index in [2.05, 4.69) is 4.98 Å². The molecule has 0 fully saturated rings. The molecule has 1 aromatic heterocycles. The first kappa shape index (κ1) is 16.2. The van der Waals surface area contributed by atoms with Gasteiger partial charge in [-0.1, -0.05) is 29.8 Å². The van der Waals surface area contributed by atoms with Gasteiger partial charge >= 0.3 is 16.1 Å². The molecule has 3 aromatic rings. The fraction of sp³-hybridized carbons (Fsp3) is 0. The Balaban J connectivity index is 2.09. The lowest BCUT2D eigenvalue weighted by Crippen LogP contribution is -2.12. The van der Waals surface area contributed by atoms with Crippen LogP contribution in [-0.4, -0.2) is 24.5 Å². The second-order valence-corrected chi connectivity index (χ2v) is 6.74. The van der Waals surface area contributed by atoms with Gasteiger partial charge in [-0.2, -0.15) is 8.42 Å². The van der Waals surface area contributed by atoms with Crippen LogP contribution in [0, 0.1) is 0 Å². The van der Waals surface area contributed by atoms with Crippen LogP contribution in [-0.2, 0) is 10.1 Å². The molecule has 24 heavy (non-hydrogen) atoms. The third kappa shape index (κ3) is 3.04. The predicted molar refractivity (Wildman–Crippen MR) is 88.0 cm³/mol. The van der Waals surface area contributed by atoms with Crippen molar-refractivity contribution in [2.75, 3.05) is 0 Å². The molecule has 0 saturated carbocycles. The van der Waals surface area contributed by atoms with E-state index in [0.717, 1.165) is 6.07 Å². The van der Waals surface area contributed by atoms with Gasteiger partial charge in [0.05, 0.1) is 10.6 Å². The molecule has 0 aliphatic heterocycles. The summed E-state index contributed by atoms with van der Waals surface area (Å²) in [5.74, 6) is -1.24. The Kier molecular flexibility index (Phi) is 4.13. The van der Waals surface area contributed by atoms with E-state index in [0.29, 0.717) is 10.9 Å². The first-order valence-electron chi connectivity index (χ1n) is 6.69. The highest BCUT2D eigenvalue weighted by Crippen LogP contribution is 2.29. The summed E-state index contributed by atoms with van der Waals surface area (Å²) in [5.41, 5.74) is 0.159. The zero-order valence-electron chi connectivity index (χ0n) is 12.0. The van der Waals surface area contributed by atoms with E-state index in [-0.39, 0.29) is 16.3 Å². The van der Waals surface area contributed by atoms with Crippen LogP contribution in [0.15, 0.2) is 59.6 Å². The molecule has 0 aliphatic carbocycles. The van der Waals surface area contributed by atoms with Gasteiger partial charge in [-0.15, -0.1) is 0 Å². The quantitative estimate of drug-likeness (QED) is 0.714. The molecular formula is C16H10ClNO5S. The van der Waals surface area contributed by atoms with Crippen molar-refractivity contribution in [1.82, 2.24) is 4.98 Å². The van der Waals surface area contributed by atoms with Crippen LogP contribution in [0.1, 0.15) is 10.4 Å². The average molecular weight is 364 g/mol. The minimum atomic E-state index is -4.33. The number of para-hydroxylation sites is 1. The highest BCUT2D eigenvalue weighted by molar-refractivity contribution is 7.87. The van der Waals surface area contributed by atoms with Crippen LogP contribution in [0.4, 0.5) is 0 Å². The van der Waals surface area contributed by atoms with Crippen molar-refractivity contribution >= 4 is 38.6 Å². The number of carbonyl (C=O) groups is 1. The second-order valence-electron chi connectivity index (χ2n) is 4.82. The Morgan fingerprint density at radius 3 is 2.62 bits per heavy atom. The molecule has 0 amide bonds. The van der Waals surface area contributed by atoms with Gasteiger partial charge < -0.3 is 9.29 Å². The lowest BCUT2D eigenvalue weighted by atomic mass is 10.2. The van der Waals surface area contributed by atoms with Gasteiger partial charge in [0.25, 0.3) is 0 Å². The highest BCUT2D eigenvalue weighted by Gasteiger charge is 2.23. The Morgan fingerprint density at radius 2 is 1.88 bits per heavy atom. The van der Waals surface area contributed by atoms with Gasteiger partial charge in [0.1, 0.15) is 10.4 Å². The molecule has 0 aliphatic rings. The van der Waals surface area contributed by atoms with E-state index < -0.39 is 21.0 Å². The number of benzene rings is 2. The third-order valence-electron chi connectivity index (χ3n) is 3.24. The summed E-state index contributed by atoms with van der Waals surface area (Å²) in [7, 11) is -4.33. The number of hydrogen-bond acceptors (Lipinski definition) is 5. The molecule has 8 heteroatoms. The molecule has 1 heterocycles. The van der Waals surface area contributed by atoms with Gasteiger partial charge in [-0.25, -0.2) is 4.79 Å². The monoisotopic (exact) mass is 363 g/mol. The second kappa shape index (κ2) is 6.10. The van der Waals surface area contributed by atoms with E-state index in [4.69, 9.17) is 20.9 Å². The van der Waals surface area contributed by atoms with Crippen molar-refractivity contribution in [1.29, 1.82) is 0 Å². The largest absolute Gasteiger partial charge is 0.478 e. The van der Waals surface area contributed by atoms with E-state index in [1.54, 1.807) is 24.3 Å². The summed E-state index contributed by atoms with van der Waals surface area (Å²) in [6.45, 7) is 0. The zero-order chi connectivity index (χ0) is 17.3. The summed E-state index contributed by atoms with van der Waals surface area (Å²) in [5, 5.41) is 9.58. The van der Waals surface area contributed by atoms with Crippen molar-refractivity contribution in [2.45, 2.75) is 4.90 Å². The van der Waals surface area contributed by atoms with Gasteiger partial charge in [0.2, 0.25) is 0 Å². The lowest BCUT2D eigenvalue weighted by molar-refractivity contribution is 0.0696. The maximum Gasteiger partial charge on any atom is 0.340 e. The number of pyridine rings is 1. The van der Waals surface area contributed by atoms with Crippen molar-refractivity contribution in [3.8, 4) is 5.75 Å². The number of halogens is 1. The number of aromatic nitrogens is 1. The number of hydrogen-bond donors (Lipinski definition) is 1. The van der Waals surface area contributed by atoms with Crippen molar-refractivity contribution < 1.29 is 22.5 Å². The molecule has 122 valence electrons. The molecule has 0 spiro atoms. The smallest absolute Gasteiger partial charge is 0.340 e. The van der Waals surface area contributed by atoms with Crippen molar-refractivity contribution in [3.63, 3.8) is 0 Å². The Labute approximate surface area is 142 Å². The summed E-state index contributed by atoms with van der Waals surface area (Å²) in [6.07, 6.45) is 1.51. The number of aromatic carboxylic acids is 1. The zero-order valence-corrected chi connectivity index (χ0v) is 13.6. The summed E-state index contributed by atoms with van der Waals surface area (Å²) < 4.78 is 30.2. The van der Waals surface area contributed by atoms with Gasteiger partial charge in [0, 0.05) is 11.6 Å². The molecular weight excluding hydrogens is 354 g/mol. The fourth-order valence-corrected chi connectivity index (χ4v) is 3.57. The number of carboxylic acid groups (broad SMARTS) is 1. The van der Waals surface area contributed by atoms with E-state index in [9.17, 15) is 13.2 Å². The van der Waals surface area contributed by atoms with Crippen LogP contribution in [0.5, 0.6) is 5.75 Å². The first-order valence-corrected chi connectivity index (χ1v) is 8.48. The topological polar surface area (TPSA) is 93.6 Å². The SMILES string of the molecule is O=C(O)c1ccc(Cl)c(S(=O)(=O)Oc2cccc3cccnc23)c1. The molecule has 0 atom stereocenters. The molecule has 1 N–H and O–H groups in total. The molecule has 6 nitrogen and oxygen atoms in total. The molecule has 0 radical (unpaired) electrons. The lowest BCUT2D eigenvalue weighted by Gasteiger charge is -2.10. The average Bonchev–Trinajstić information content (AvgIpc) is 2.55. The third-order valence-corrected chi connectivity index (χ3v) is 4.96. The highest BCUT2D eigenvalue weighted by atomic mass is 35.5. The molecule has 0 bridgehead atoms. The maximum absolute atomic E-state index is 12.5. The Hall–Kier alpha value is -2.64. The number of carboxylic acids is 1. The van der Waals surface area contributed by atoms with Crippen LogP contribution >= 0.6 is 11.6 Å². The van der Waals surface area contributed by atoms with Crippen LogP contribution in [0.3, 0.4) is 0 Å². The van der Waals surface area contributed by atoms with E-state index in [1.165, 1.54) is 24.4 Å². The van der Waals surface area contributed by atoms with Crippen LogP contribution in [0.2, 0.25) is 5.02 Å². The Bertz CT molecular complexity index is 1040. The first-order chi connectivity index (χ1) is 11.4. The van der Waals surface area contributed by atoms with Crippen molar-refractivity contribution in [2.24, 2.45) is 0 Å². The molecule has 0 unspecified atom stereocenters. The number of fused-ring (bicyclic) bond motifs is 1. The van der Waals surface area contributed by atoms with Crippen molar-refractivity contribution in [3.05, 3.63) is 65.3 Å². The van der Waals surface area contributed by atoms with Gasteiger partial charge in [-0.3, -0.25) is 4.98 Å². The van der Waals surface area contributed by atoms with E-state index in [1.807, 2.05) is 0 Å². The maximum atomic E-state index is 12.5. The number of nitrogens with zero attached hydrogens (tertiary/aromatic N) is 1. The summed E-state index contributed by atoms with van der Waals surface area (Å²) >= 11 is 5.90. The normalized spacial score (nSPS) is 11.4. The minimum absolute atomic E-state index is 0.0323. The molecule has 2 aromatic carbocycles. The predicted octanol–water partition coefficient (Wildman–Crippen LogP) is 3.35. The van der Waals surface area contributed by atoms with Gasteiger partial charge in [-0.05, 0) is 30.3 Å². The molecule has 0 saturated heterocycles.